The number of carbonyl (C=O) groups excluding carboxylic acids is 2. The van der Waals surface area contributed by atoms with Crippen LogP contribution in [0.2, 0.25) is 0 Å². The minimum atomic E-state index is -0.0210. The Balaban J connectivity index is 1.41. The van der Waals surface area contributed by atoms with Gasteiger partial charge in [0.15, 0.2) is 0 Å². The summed E-state index contributed by atoms with van der Waals surface area (Å²) >= 11 is 0. The van der Waals surface area contributed by atoms with Gasteiger partial charge < -0.3 is 15.1 Å². The van der Waals surface area contributed by atoms with Gasteiger partial charge in [0.1, 0.15) is 0 Å². The van der Waals surface area contributed by atoms with Crippen molar-refractivity contribution < 1.29 is 9.59 Å². The predicted octanol–water partition coefficient (Wildman–Crippen LogP) is 3.77. The van der Waals surface area contributed by atoms with Gasteiger partial charge >= 0.3 is 0 Å². The number of amides is 2. The first-order chi connectivity index (χ1) is 16.3. The molecule has 0 atom stereocenters. The van der Waals surface area contributed by atoms with E-state index >= 15 is 0 Å². The number of nitrogens with one attached hydrogen (secondary N) is 1. The molecule has 1 aromatic carbocycles. The SMILES string of the molecule is Cc1ccc(CC2(N(C)C)CCC(NC(=O)CCC(=O)N(C)CCc3ccccn3)CC2)cc1. The molecular formula is C28H40N4O2. The van der Waals surface area contributed by atoms with E-state index in [1.165, 1.54) is 11.1 Å². The minimum absolute atomic E-state index is 0.000511. The summed E-state index contributed by atoms with van der Waals surface area (Å²) in [4.78, 5) is 33.3. The lowest BCUT2D eigenvalue weighted by Gasteiger charge is -2.45. The number of benzene rings is 1. The number of likely N-dealkylation sites (N-methyl/N-ethyl adjacent to an activating group) is 2. The third-order valence-electron chi connectivity index (χ3n) is 7.31. The van der Waals surface area contributed by atoms with Crippen LogP contribution in [0.1, 0.15) is 55.3 Å². The van der Waals surface area contributed by atoms with Gasteiger partial charge in [-0.2, -0.15) is 0 Å². The van der Waals surface area contributed by atoms with Crippen molar-refractivity contribution >= 4 is 11.8 Å². The molecular weight excluding hydrogens is 424 g/mol. The molecule has 0 radical (unpaired) electrons. The second-order valence-electron chi connectivity index (χ2n) is 10.0. The molecule has 1 aromatic heterocycles. The van der Waals surface area contributed by atoms with Gasteiger partial charge in [-0.15, -0.1) is 0 Å². The van der Waals surface area contributed by atoms with Crippen molar-refractivity contribution in [2.45, 2.75) is 69.9 Å². The average molecular weight is 465 g/mol. The van der Waals surface area contributed by atoms with E-state index in [2.05, 4.69) is 60.5 Å². The van der Waals surface area contributed by atoms with Crippen LogP contribution in [0.15, 0.2) is 48.7 Å². The smallest absolute Gasteiger partial charge is 0.222 e. The van der Waals surface area contributed by atoms with Crippen LogP contribution in [0.4, 0.5) is 0 Å². The molecule has 0 unspecified atom stereocenters. The van der Waals surface area contributed by atoms with Crippen LogP contribution in [-0.2, 0) is 22.4 Å². The van der Waals surface area contributed by atoms with Crippen LogP contribution in [0.25, 0.3) is 0 Å². The summed E-state index contributed by atoms with van der Waals surface area (Å²) in [6.45, 7) is 2.72. The third-order valence-corrected chi connectivity index (χ3v) is 7.31. The maximum absolute atomic E-state index is 12.5. The normalized spacial score (nSPS) is 20.2. The Morgan fingerprint density at radius 2 is 1.74 bits per heavy atom. The lowest BCUT2D eigenvalue weighted by atomic mass is 9.74. The highest BCUT2D eigenvalue weighted by molar-refractivity contribution is 5.83. The van der Waals surface area contributed by atoms with Crippen molar-refractivity contribution in [3.63, 3.8) is 0 Å². The van der Waals surface area contributed by atoms with Crippen molar-refractivity contribution in [2.24, 2.45) is 0 Å². The fraction of sp³-hybridized carbons (Fsp3) is 0.536. The second kappa shape index (κ2) is 12.1. The Bertz CT molecular complexity index is 919. The van der Waals surface area contributed by atoms with Crippen LogP contribution in [-0.4, -0.2) is 65.9 Å². The standard InChI is InChI=1S/C28H40N4O2/c1-22-8-10-23(11-9-22)21-28(31(2)3)17-14-25(15-18-28)30-26(33)12-13-27(34)32(4)20-16-24-7-5-6-19-29-24/h5-11,19,25H,12-18,20-21H2,1-4H3,(H,30,33). The van der Waals surface area contributed by atoms with E-state index < -0.39 is 0 Å². The first kappa shape index (κ1) is 25.9. The van der Waals surface area contributed by atoms with Gasteiger partial charge in [0, 0.05) is 56.3 Å². The molecule has 1 heterocycles. The molecule has 1 aliphatic rings. The maximum atomic E-state index is 12.5. The van der Waals surface area contributed by atoms with Gasteiger partial charge in [-0.1, -0.05) is 35.9 Å². The van der Waals surface area contributed by atoms with Gasteiger partial charge in [-0.3, -0.25) is 14.6 Å². The van der Waals surface area contributed by atoms with Gasteiger partial charge in [0.2, 0.25) is 11.8 Å². The van der Waals surface area contributed by atoms with Crippen LogP contribution in [0.3, 0.4) is 0 Å². The maximum Gasteiger partial charge on any atom is 0.222 e. The van der Waals surface area contributed by atoms with Crippen molar-refractivity contribution in [1.82, 2.24) is 20.1 Å². The predicted molar refractivity (Wildman–Crippen MR) is 137 cm³/mol. The number of aromatic nitrogens is 1. The molecule has 1 saturated carbocycles. The van der Waals surface area contributed by atoms with E-state index in [0.29, 0.717) is 13.0 Å². The Labute approximate surface area is 204 Å². The van der Waals surface area contributed by atoms with Gasteiger partial charge in [-0.25, -0.2) is 0 Å². The largest absolute Gasteiger partial charge is 0.353 e. The fourth-order valence-corrected chi connectivity index (χ4v) is 4.83. The summed E-state index contributed by atoms with van der Waals surface area (Å²) in [6, 6.07) is 14.8. The molecule has 1 N–H and O–H groups in total. The average Bonchev–Trinajstić information content (AvgIpc) is 2.84. The molecule has 0 bridgehead atoms. The molecule has 0 aliphatic heterocycles. The van der Waals surface area contributed by atoms with E-state index in [0.717, 1.165) is 37.8 Å². The highest BCUT2D eigenvalue weighted by Gasteiger charge is 2.37. The molecule has 3 rings (SSSR count). The van der Waals surface area contributed by atoms with Gasteiger partial charge in [0.25, 0.3) is 0 Å². The van der Waals surface area contributed by atoms with Crippen LogP contribution < -0.4 is 5.32 Å². The van der Waals surface area contributed by atoms with E-state index in [4.69, 9.17) is 0 Å². The Morgan fingerprint density at radius 3 is 2.35 bits per heavy atom. The first-order valence-corrected chi connectivity index (χ1v) is 12.4. The van der Waals surface area contributed by atoms with Crippen molar-refractivity contribution in [3.8, 4) is 0 Å². The van der Waals surface area contributed by atoms with E-state index in [-0.39, 0.29) is 36.2 Å². The molecule has 184 valence electrons. The monoisotopic (exact) mass is 464 g/mol. The zero-order valence-electron chi connectivity index (χ0n) is 21.2. The summed E-state index contributed by atoms with van der Waals surface area (Å²) in [5.41, 5.74) is 3.75. The number of hydrogen-bond donors (Lipinski definition) is 1. The Morgan fingerprint density at radius 1 is 1.03 bits per heavy atom. The number of hydrogen-bond acceptors (Lipinski definition) is 4. The highest BCUT2D eigenvalue weighted by atomic mass is 16.2. The molecule has 0 spiro atoms. The number of carbonyl (C=O) groups is 2. The summed E-state index contributed by atoms with van der Waals surface area (Å²) < 4.78 is 0. The summed E-state index contributed by atoms with van der Waals surface area (Å²) in [7, 11) is 6.13. The zero-order valence-corrected chi connectivity index (χ0v) is 21.2. The number of rotatable bonds is 10. The molecule has 2 aromatic rings. The summed E-state index contributed by atoms with van der Waals surface area (Å²) in [6.07, 6.45) is 8.02. The molecule has 1 fully saturated rings. The Kier molecular flexibility index (Phi) is 9.22. The lowest BCUT2D eigenvalue weighted by Crippen LogP contribution is -2.52. The third kappa shape index (κ3) is 7.39. The van der Waals surface area contributed by atoms with Crippen LogP contribution >= 0.6 is 0 Å². The van der Waals surface area contributed by atoms with Crippen molar-refractivity contribution in [2.75, 3.05) is 27.7 Å². The molecule has 2 amide bonds. The molecule has 34 heavy (non-hydrogen) atoms. The molecule has 6 heteroatoms. The Hall–Kier alpha value is -2.73. The van der Waals surface area contributed by atoms with Crippen LogP contribution in [0, 0.1) is 6.92 Å². The molecule has 0 saturated heterocycles. The zero-order chi connectivity index (χ0) is 24.6. The van der Waals surface area contributed by atoms with Crippen LogP contribution in [0.5, 0.6) is 0 Å². The minimum Gasteiger partial charge on any atom is -0.353 e. The van der Waals surface area contributed by atoms with Gasteiger partial charge in [0.05, 0.1) is 0 Å². The highest BCUT2D eigenvalue weighted by Crippen LogP contribution is 2.35. The molecule has 1 aliphatic carbocycles. The van der Waals surface area contributed by atoms with Crippen molar-refractivity contribution in [3.05, 3.63) is 65.5 Å². The lowest BCUT2D eigenvalue weighted by molar-refractivity contribution is -0.132. The second-order valence-corrected chi connectivity index (χ2v) is 10.0. The van der Waals surface area contributed by atoms with E-state index in [9.17, 15) is 9.59 Å². The first-order valence-electron chi connectivity index (χ1n) is 12.4. The summed E-state index contributed by atoms with van der Waals surface area (Å²) in [5.74, 6) is -0.0215. The number of pyridine rings is 1. The molecule has 6 nitrogen and oxygen atoms in total. The van der Waals surface area contributed by atoms with E-state index in [1.807, 2.05) is 18.2 Å². The number of nitrogens with zero attached hydrogens (tertiary/aromatic N) is 3. The van der Waals surface area contributed by atoms with E-state index in [1.54, 1.807) is 18.1 Å². The van der Waals surface area contributed by atoms with Gasteiger partial charge in [-0.05, 0) is 70.8 Å². The topological polar surface area (TPSA) is 65.5 Å². The van der Waals surface area contributed by atoms with Crippen molar-refractivity contribution in [1.29, 1.82) is 0 Å². The quantitative estimate of drug-likeness (QED) is 0.581. The fourth-order valence-electron chi connectivity index (χ4n) is 4.83. The number of aryl methyl sites for hydroxylation is 1. The summed E-state index contributed by atoms with van der Waals surface area (Å²) in [5, 5.41) is 3.18.